The molecule has 0 atom stereocenters. The highest BCUT2D eigenvalue weighted by Crippen LogP contribution is 2.20. The van der Waals surface area contributed by atoms with Crippen LogP contribution in [-0.2, 0) is 11.2 Å². The van der Waals surface area contributed by atoms with Crippen molar-refractivity contribution in [3.8, 4) is 0 Å². The Hall–Kier alpha value is -3.59. The van der Waals surface area contributed by atoms with E-state index in [4.69, 9.17) is 0 Å². The minimum absolute atomic E-state index is 0.0982. The van der Waals surface area contributed by atoms with Gasteiger partial charge in [0.15, 0.2) is 10.8 Å². The second-order valence-electron chi connectivity index (χ2n) is 7.01. The van der Waals surface area contributed by atoms with Crippen LogP contribution in [0.15, 0.2) is 54.2 Å². The fourth-order valence-electron chi connectivity index (χ4n) is 2.96. The van der Waals surface area contributed by atoms with Crippen LogP contribution in [0.2, 0.25) is 0 Å². The molecule has 0 bridgehead atoms. The molecule has 2 N–H and O–H groups in total. The Morgan fingerprint density at radius 3 is 2.70 bits per heavy atom. The molecule has 0 saturated heterocycles. The number of nitrogens with one attached hydrogen (secondary N) is 2. The monoisotopic (exact) mass is 420 g/mol. The van der Waals surface area contributed by atoms with Gasteiger partial charge < -0.3 is 5.32 Å². The zero-order valence-corrected chi connectivity index (χ0v) is 17.3. The molecule has 0 fully saturated rings. The van der Waals surface area contributed by atoms with E-state index >= 15 is 0 Å². The van der Waals surface area contributed by atoms with Crippen molar-refractivity contribution in [1.29, 1.82) is 0 Å². The van der Waals surface area contributed by atoms with Gasteiger partial charge in [0.1, 0.15) is 0 Å². The summed E-state index contributed by atoms with van der Waals surface area (Å²) in [6, 6.07) is 11.0. The van der Waals surface area contributed by atoms with Crippen LogP contribution < -0.4 is 10.6 Å². The first-order valence-electron chi connectivity index (χ1n) is 9.43. The Bertz CT molecular complexity index is 1200. The second-order valence-corrected chi connectivity index (χ2v) is 7.87. The summed E-state index contributed by atoms with van der Waals surface area (Å²) in [7, 11) is 0. The molecule has 0 aliphatic rings. The third-order valence-electron chi connectivity index (χ3n) is 4.36. The number of benzene rings is 1. The van der Waals surface area contributed by atoms with E-state index in [0.717, 1.165) is 11.0 Å². The molecule has 4 rings (SSSR count). The van der Waals surface area contributed by atoms with Crippen LogP contribution in [0.1, 0.15) is 35.9 Å². The fraction of sp³-hybridized carbons (Fsp3) is 0.190. The summed E-state index contributed by atoms with van der Waals surface area (Å²) in [5.41, 5.74) is 2.52. The first kappa shape index (κ1) is 19.7. The predicted octanol–water partition coefficient (Wildman–Crippen LogP) is 3.90. The topological polar surface area (TPSA) is 102 Å². The third-order valence-corrected chi connectivity index (χ3v) is 5.16. The lowest BCUT2D eigenvalue weighted by atomic mass is 10.2. The quantitative estimate of drug-likeness (QED) is 0.493. The van der Waals surface area contributed by atoms with Gasteiger partial charge in [0.05, 0.1) is 30.2 Å². The molecule has 0 spiro atoms. The summed E-state index contributed by atoms with van der Waals surface area (Å²) in [6.45, 7) is 4.07. The summed E-state index contributed by atoms with van der Waals surface area (Å²) in [5, 5.41) is 13.0. The number of anilines is 2. The number of thiazole rings is 1. The number of aromatic nitrogens is 4. The summed E-state index contributed by atoms with van der Waals surface area (Å²) < 4.78 is 1.83. The molecule has 0 aliphatic heterocycles. The van der Waals surface area contributed by atoms with Gasteiger partial charge in [0.25, 0.3) is 5.91 Å². The molecule has 3 heterocycles. The average molecular weight is 420 g/mol. The van der Waals surface area contributed by atoms with Crippen LogP contribution in [-0.4, -0.2) is 31.6 Å². The van der Waals surface area contributed by atoms with E-state index in [9.17, 15) is 9.59 Å². The lowest BCUT2D eigenvalue weighted by Crippen LogP contribution is -2.15. The molecule has 0 aliphatic carbocycles. The van der Waals surface area contributed by atoms with E-state index < -0.39 is 0 Å². The Balaban J connectivity index is 1.38. The van der Waals surface area contributed by atoms with E-state index in [1.54, 1.807) is 42.0 Å². The summed E-state index contributed by atoms with van der Waals surface area (Å²) in [4.78, 5) is 33.3. The van der Waals surface area contributed by atoms with E-state index in [0.29, 0.717) is 22.1 Å². The molecule has 152 valence electrons. The molecule has 0 radical (unpaired) electrons. The Labute approximate surface area is 177 Å². The molecule has 4 aromatic rings. The molecule has 0 saturated carbocycles. The number of fused-ring (bicyclic) bond motifs is 1. The number of amides is 2. The molecule has 2 amide bonds. The van der Waals surface area contributed by atoms with Crippen molar-refractivity contribution >= 4 is 45.0 Å². The van der Waals surface area contributed by atoms with Crippen LogP contribution in [0.25, 0.3) is 11.0 Å². The maximum atomic E-state index is 12.4. The maximum Gasteiger partial charge on any atom is 0.257 e. The number of rotatable bonds is 6. The van der Waals surface area contributed by atoms with E-state index in [-0.39, 0.29) is 24.3 Å². The van der Waals surface area contributed by atoms with Crippen LogP contribution in [0, 0.1) is 0 Å². The van der Waals surface area contributed by atoms with Crippen molar-refractivity contribution < 1.29 is 9.59 Å². The predicted molar refractivity (Wildman–Crippen MR) is 117 cm³/mol. The van der Waals surface area contributed by atoms with Gasteiger partial charge in [-0.25, -0.2) is 14.6 Å². The number of pyridine rings is 1. The first-order valence-corrected chi connectivity index (χ1v) is 10.3. The molecule has 0 unspecified atom stereocenters. The first-order chi connectivity index (χ1) is 14.5. The number of hydrogen-bond donors (Lipinski definition) is 2. The summed E-state index contributed by atoms with van der Waals surface area (Å²) in [5.74, 6) is -0.444. The van der Waals surface area contributed by atoms with E-state index in [2.05, 4.69) is 25.7 Å². The molecule has 1 aromatic carbocycles. The van der Waals surface area contributed by atoms with Gasteiger partial charge in [-0.05, 0) is 32.0 Å². The minimum Gasteiger partial charge on any atom is -0.324 e. The lowest BCUT2D eigenvalue weighted by Gasteiger charge is -2.07. The summed E-state index contributed by atoms with van der Waals surface area (Å²) in [6.07, 6.45) is 3.45. The number of hydrogen-bond acceptors (Lipinski definition) is 6. The molecule has 30 heavy (non-hydrogen) atoms. The van der Waals surface area contributed by atoms with Gasteiger partial charge in [-0.2, -0.15) is 5.10 Å². The zero-order valence-electron chi connectivity index (χ0n) is 16.5. The molecule has 9 heteroatoms. The zero-order chi connectivity index (χ0) is 21.1. The van der Waals surface area contributed by atoms with Gasteiger partial charge in [-0.15, -0.1) is 11.3 Å². The largest absolute Gasteiger partial charge is 0.324 e. The second kappa shape index (κ2) is 8.42. The van der Waals surface area contributed by atoms with E-state index in [1.165, 1.54) is 11.3 Å². The molecule has 8 nitrogen and oxygen atoms in total. The van der Waals surface area contributed by atoms with Crippen LogP contribution in [0.5, 0.6) is 0 Å². The van der Waals surface area contributed by atoms with Gasteiger partial charge >= 0.3 is 0 Å². The Kier molecular flexibility index (Phi) is 5.53. The Morgan fingerprint density at radius 2 is 1.93 bits per heavy atom. The van der Waals surface area contributed by atoms with Gasteiger partial charge in [0, 0.05) is 22.4 Å². The Morgan fingerprint density at radius 1 is 1.13 bits per heavy atom. The van der Waals surface area contributed by atoms with Gasteiger partial charge in [0.2, 0.25) is 5.91 Å². The smallest absolute Gasteiger partial charge is 0.257 e. The van der Waals surface area contributed by atoms with Crippen LogP contribution >= 0.6 is 11.3 Å². The number of nitrogens with zero attached hydrogens (tertiary/aromatic N) is 4. The van der Waals surface area contributed by atoms with Gasteiger partial charge in [-0.3, -0.25) is 14.9 Å². The van der Waals surface area contributed by atoms with Crippen molar-refractivity contribution in [2.45, 2.75) is 26.3 Å². The highest BCUT2D eigenvalue weighted by molar-refractivity contribution is 7.14. The normalized spacial score (nSPS) is 11.0. The van der Waals surface area contributed by atoms with Crippen molar-refractivity contribution in [2.24, 2.45) is 0 Å². The van der Waals surface area contributed by atoms with Crippen molar-refractivity contribution in [2.75, 3.05) is 10.6 Å². The van der Waals surface area contributed by atoms with Crippen molar-refractivity contribution in [3.63, 3.8) is 0 Å². The number of carbonyl (C=O) groups is 2. The SMILES string of the molecule is CC(C)n1ncc2cc(NC(=O)Cc3csc(NC(=O)c4ccccc4)n3)cnc21. The summed E-state index contributed by atoms with van der Waals surface area (Å²) >= 11 is 1.28. The van der Waals surface area contributed by atoms with Crippen molar-refractivity contribution in [3.05, 3.63) is 65.4 Å². The minimum atomic E-state index is -0.234. The van der Waals surface area contributed by atoms with Crippen LogP contribution in [0.4, 0.5) is 10.8 Å². The fourth-order valence-corrected chi connectivity index (χ4v) is 3.67. The maximum absolute atomic E-state index is 12.4. The van der Waals surface area contributed by atoms with Crippen LogP contribution in [0.3, 0.4) is 0 Å². The molecular formula is C21H20N6O2S. The van der Waals surface area contributed by atoms with E-state index in [1.807, 2.05) is 30.7 Å². The average Bonchev–Trinajstić information content (AvgIpc) is 3.35. The van der Waals surface area contributed by atoms with Gasteiger partial charge in [-0.1, -0.05) is 18.2 Å². The molecule has 3 aromatic heterocycles. The number of carbonyl (C=O) groups excluding carboxylic acids is 2. The highest BCUT2D eigenvalue weighted by atomic mass is 32.1. The third kappa shape index (κ3) is 4.36. The highest BCUT2D eigenvalue weighted by Gasteiger charge is 2.13. The lowest BCUT2D eigenvalue weighted by molar-refractivity contribution is -0.115. The standard InChI is InChI=1S/C21H20N6O2S/c1-13(2)27-19-15(10-23-27)8-16(11-22-19)24-18(28)9-17-12-30-21(25-17)26-20(29)14-6-4-3-5-7-14/h3-8,10-13H,9H2,1-2H3,(H,24,28)(H,25,26,29). The van der Waals surface area contributed by atoms with Crippen molar-refractivity contribution in [1.82, 2.24) is 19.7 Å². The molecular weight excluding hydrogens is 400 g/mol.